The van der Waals surface area contributed by atoms with Gasteiger partial charge in [0, 0.05) is 20.4 Å². The van der Waals surface area contributed by atoms with Gasteiger partial charge in [0.25, 0.3) is 0 Å². The molecule has 114 valence electrons. The first-order valence-corrected chi connectivity index (χ1v) is 6.75. The second-order valence-electron chi connectivity index (χ2n) is 5.17. The molecule has 0 radical (unpaired) electrons. The standard InChI is InChI=1S/C15H19NO5/c1-10(17)16(3)15(2,14(18)19)11-5-6-12-13(9-11)21-8-4-7-20-12/h5-6,9H,4,7-8H2,1-3H3,(H,18,19). The zero-order valence-corrected chi connectivity index (χ0v) is 12.4. The van der Waals surface area contributed by atoms with Crippen LogP contribution < -0.4 is 9.47 Å². The number of nitrogens with zero attached hydrogens (tertiary/aromatic N) is 1. The minimum Gasteiger partial charge on any atom is -0.490 e. The van der Waals surface area contributed by atoms with Gasteiger partial charge in [-0.1, -0.05) is 6.07 Å². The van der Waals surface area contributed by atoms with Crippen molar-refractivity contribution in [2.45, 2.75) is 25.8 Å². The quantitative estimate of drug-likeness (QED) is 0.916. The second-order valence-corrected chi connectivity index (χ2v) is 5.17. The van der Waals surface area contributed by atoms with E-state index in [9.17, 15) is 14.7 Å². The molecule has 0 fully saturated rings. The van der Waals surface area contributed by atoms with E-state index in [-0.39, 0.29) is 5.91 Å². The van der Waals surface area contributed by atoms with Crippen molar-refractivity contribution in [2.75, 3.05) is 20.3 Å². The Balaban J connectivity index is 2.49. The van der Waals surface area contributed by atoms with Crippen molar-refractivity contribution in [3.8, 4) is 11.5 Å². The maximum atomic E-state index is 11.7. The van der Waals surface area contributed by atoms with Gasteiger partial charge in [-0.05, 0) is 24.6 Å². The number of aliphatic carboxylic acids is 1. The Kier molecular flexibility index (Phi) is 4.06. The summed E-state index contributed by atoms with van der Waals surface area (Å²) in [7, 11) is 1.47. The lowest BCUT2D eigenvalue weighted by Gasteiger charge is -2.35. The van der Waals surface area contributed by atoms with Crippen molar-refractivity contribution < 1.29 is 24.2 Å². The first kappa shape index (κ1) is 15.2. The van der Waals surface area contributed by atoms with Crippen molar-refractivity contribution in [1.82, 2.24) is 4.90 Å². The third kappa shape index (κ3) is 2.66. The second kappa shape index (κ2) is 5.63. The molecule has 1 heterocycles. The molecule has 0 spiro atoms. The number of ether oxygens (including phenoxy) is 2. The van der Waals surface area contributed by atoms with Gasteiger partial charge >= 0.3 is 5.97 Å². The highest BCUT2D eigenvalue weighted by Gasteiger charge is 2.41. The van der Waals surface area contributed by atoms with E-state index in [1.54, 1.807) is 18.2 Å². The highest BCUT2D eigenvalue weighted by Crippen LogP contribution is 2.36. The summed E-state index contributed by atoms with van der Waals surface area (Å²) in [6.45, 7) is 3.92. The van der Waals surface area contributed by atoms with E-state index in [4.69, 9.17) is 9.47 Å². The fourth-order valence-corrected chi connectivity index (χ4v) is 2.24. The van der Waals surface area contributed by atoms with Crippen LogP contribution in [0.15, 0.2) is 18.2 Å². The number of hydrogen-bond donors (Lipinski definition) is 1. The van der Waals surface area contributed by atoms with Crippen LogP contribution in [0.5, 0.6) is 11.5 Å². The van der Waals surface area contributed by atoms with E-state index in [2.05, 4.69) is 0 Å². The van der Waals surface area contributed by atoms with Crippen LogP contribution in [0.3, 0.4) is 0 Å². The average molecular weight is 293 g/mol. The Bertz CT molecular complexity index is 571. The number of rotatable bonds is 3. The average Bonchev–Trinajstić information content (AvgIpc) is 2.69. The van der Waals surface area contributed by atoms with E-state index < -0.39 is 11.5 Å². The largest absolute Gasteiger partial charge is 0.490 e. The van der Waals surface area contributed by atoms with E-state index in [1.807, 2.05) is 0 Å². The van der Waals surface area contributed by atoms with Crippen molar-refractivity contribution >= 4 is 11.9 Å². The first-order chi connectivity index (χ1) is 9.87. The van der Waals surface area contributed by atoms with Crippen molar-refractivity contribution in [2.24, 2.45) is 0 Å². The van der Waals surface area contributed by atoms with Crippen molar-refractivity contribution in [3.05, 3.63) is 23.8 Å². The Hall–Kier alpha value is -2.24. The maximum Gasteiger partial charge on any atom is 0.334 e. The minimum absolute atomic E-state index is 0.327. The molecule has 1 atom stereocenters. The SMILES string of the molecule is CC(=O)N(C)C(C)(C(=O)O)c1ccc2c(c1)OCCCO2. The van der Waals surface area contributed by atoms with Crippen LogP contribution in [0, 0.1) is 0 Å². The summed E-state index contributed by atoms with van der Waals surface area (Å²) in [6.07, 6.45) is 0.771. The van der Waals surface area contributed by atoms with Gasteiger partial charge in [0.2, 0.25) is 5.91 Å². The van der Waals surface area contributed by atoms with E-state index in [1.165, 1.54) is 25.8 Å². The smallest absolute Gasteiger partial charge is 0.334 e. The summed E-state index contributed by atoms with van der Waals surface area (Å²) >= 11 is 0. The fraction of sp³-hybridized carbons (Fsp3) is 0.467. The molecule has 1 aromatic carbocycles. The van der Waals surface area contributed by atoms with Gasteiger partial charge in [-0.3, -0.25) is 4.79 Å². The third-order valence-corrected chi connectivity index (χ3v) is 3.87. The topological polar surface area (TPSA) is 76.1 Å². The molecular weight excluding hydrogens is 274 g/mol. The van der Waals surface area contributed by atoms with Gasteiger partial charge in [-0.25, -0.2) is 4.79 Å². The Morgan fingerprint density at radius 1 is 1.24 bits per heavy atom. The summed E-state index contributed by atoms with van der Waals surface area (Å²) in [5.41, 5.74) is -0.992. The molecular formula is C15H19NO5. The molecule has 1 amide bonds. The minimum atomic E-state index is -1.46. The van der Waals surface area contributed by atoms with Gasteiger partial charge in [-0.15, -0.1) is 0 Å². The molecule has 1 aliphatic heterocycles. The summed E-state index contributed by atoms with van der Waals surface area (Å²) in [5, 5.41) is 9.60. The van der Waals surface area contributed by atoms with Gasteiger partial charge in [0.15, 0.2) is 17.0 Å². The predicted octanol–water partition coefficient (Wildman–Crippen LogP) is 1.63. The number of carbonyl (C=O) groups excluding carboxylic acids is 1. The zero-order valence-electron chi connectivity index (χ0n) is 12.4. The lowest BCUT2D eigenvalue weighted by molar-refractivity contribution is -0.156. The van der Waals surface area contributed by atoms with E-state index in [0.29, 0.717) is 30.3 Å². The molecule has 0 bridgehead atoms. The Labute approximate surface area is 123 Å². The number of fused-ring (bicyclic) bond motifs is 1. The molecule has 1 unspecified atom stereocenters. The number of carboxylic acids is 1. The number of carbonyl (C=O) groups is 2. The molecule has 0 saturated carbocycles. The molecule has 2 rings (SSSR count). The summed E-state index contributed by atoms with van der Waals surface area (Å²) < 4.78 is 11.1. The maximum absolute atomic E-state index is 11.7. The molecule has 0 saturated heterocycles. The normalized spacial score (nSPS) is 16.5. The molecule has 6 nitrogen and oxygen atoms in total. The molecule has 1 aromatic rings. The van der Waals surface area contributed by atoms with Crippen LogP contribution in [0.4, 0.5) is 0 Å². The number of benzene rings is 1. The molecule has 21 heavy (non-hydrogen) atoms. The number of likely N-dealkylation sites (N-methyl/N-ethyl adjacent to an activating group) is 1. The Morgan fingerprint density at radius 2 is 1.86 bits per heavy atom. The zero-order chi connectivity index (χ0) is 15.6. The van der Waals surface area contributed by atoms with Crippen LogP contribution in [0.25, 0.3) is 0 Å². The van der Waals surface area contributed by atoms with Gasteiger partial charge in [-0.2, -0.15) is 0 Å². The van der Waals surface area contributed by atoms with Crippen molar-refractivity contribution in [3.63, 3.8) is 0 Å². The lowest BCUT2D eigenvalue weighted by Crippen LogP contribution is -2.49. The number of hydrogen-bond acceptors (Lipinski definition) is 4. The molecule has 1 N–H and O–H groups in total. The van der Waals surface area contributed by atoms with Gasteiger partial charge < -0.3 is 19.5 Å². The van der Waals surface area contributed by atoms with Crippen LogP contribution in [0.1, 0.15) is 25.8 Å². The lowest BCUT2D eigenvalue weighted by atomic mass is 9.90. The van der Waals surface area contributed by atoms with Gasteiger partial charge in [0.05, 0.1) is 13.2 Å². The third-order valence-electron chi connectivity index (χ3n) is 3.87. The van der Waals surface area contributed by atoms with Gasteiger partial charge in [0.1, 0.15) is 0 Å². The van der Waals surface area contributed by atoms with Crippen LogP contribution >= 0.6 is 0 Å². The summed E-state index contributed by atoms with van der Waals surface area (Å²) in [4.78, 5) is 24.6. The monoisotopic (exact) mass is 293 g/mol. The van der Waals surface area contributed by atoms with Crippen molar-refractivity contribution in [1.29, 1.82) is 0 Å². The number of amides is 1. The van der Waals surface area contributed by atoms with E-state index >= 15 is 0 Å². The fourth-order valence-electron chi connectivity index (χ4n) is 2.24. The van der Waals surface area contributed by atoms with Crippen LogP contribution in [0.2, 0.25) is 0 Å². The first-order valence-electron chi connectivity index (χ1n) is 6.75. The van der Waals surface area contributed by atoms with Crippen LogP contribution in [-0.2, 0) is 15.1 Å². The summed E-state index contributed by atoms with van der Waals surface area (Å²) in [6, 6.07) is 4.97. The van der Waals surface area contributed by atoms with E-state index in [0.717, 1.165) is 6.42 Å². The predicted molar refractivity (Wildman–Crippen MR) is 75.5 cm³/mol. The van der Waals surface area contributed by atoms with Crippen LogP contribution in [-0.4, -0.2) is 42.1 Å². The molecule has 0 aromatic heterocycles. The Morgan fingerprint density at radius 3 is 2.43 bits per heavy atom. The summed E-state index contributed by atoms with van der Waals surface area (Å²) in [5.74, 6) is -0.328. The molecule has 0 aliphatic carbocycles. The molecule has 1 aliphatic rings. The molecule has 6 heteroatoms. The number of carboxylic acid groups (broad SMARTS) is 1. The highest BCUT2D eigenvalue weighted by atomic mass is 16.5. The highest BCUT2D eigenvalue weighted by molar-refractivity contribution is 5.87.